The van der Waals surface area contributed by atoms with Crippen molar-refractivity contribution in [3.05, 3.63) is 107 Å². The molecule has 5 rings (SSSR count). The third-order valence-corrected chi connectivity index (χ3v) is 5.72. The molecule has 0 saturated heterocycles. The molecule has 1 atom stereocenters. The molecule has 0 amide bonds. The van der Waals surface area contributed by atoms with Crippen molar-refractivity contribution in [3.63, 3.8) is 0 Å². The summed E-state index contributed by atoms with van der Waals surface area (Å²) in [5, 5.41) is 0. The summed E-state index contributed by atoms with van der Waals surface area (Å²) in [5.41, 5.74) is 13.2. The highest BCUT2D eigenvalue weighted by atomic mass is 19.1. The predicted octanol–water partition coefficient (Wildman–Crippen LogP) is 4.97. The minimum atomic E-state index is -0.664. The molecule has 0 spiro atoms. The molecule has 3 N–H and O–H groups in total. The average Bonchev–Trinajstić information content (AvgIpc) is 2.83. The molecule has 1 aliphatic rings. The molecule has 170 valence electrons. The lowest BCUT2D eigenvalue weighted by molar-refractivity contribution is 0.251. The molecule has 2 heterocycles. The van der Waals surface area contributed by atoms with Crippen molar-refractivity contribution in [2.24, 2.45) is 0 Å². The second kappa shape index (κ2) is 8.90. The van der Waals surface area contributed by atoms with Crippen molar-refractivity contribution >= 4 is 11.6 Å². The summed E-state index contributed by atoms with van der Waals surface area (Å²) in [5.74, 6) is -0.602. The summed E-state index contributed by atoms with van der Waals surface area (Å²) < 4.78 is 28.8. The number of nitrogens with two attached hydrogens (primary N) is 1. The van der Waals surface area contributed by atoms with E-state index in [1.165, 1.54) is 18.3 Å². The Bertz CT molecular complexity index is 1390. The lowest BCUT2D eigenvalue weighted by atomic mass is 9.82. The fraction of sp³-hybridized carbons (Fsp3) is 0.115. The first-order valence-electron chi connectivity index (χ1n) is 10.7. The molecule has 2 aromatic heterocycles. The number of hydrogen-bond donors (Lipinski definition) is 2. The van der Waals surface area contributed by atoms with Gasteiger partial charge in [0.25, 0.3) is 0 Å². The van der Waals surface area contributed by atoms with Crippen LogP contribution in [0.15, 0.2) is 72.9 Å². The highest BCUT2D eigenvalue weighted by molar-refractivity contribution is 5.74. The summed E-state index contributed by atoms with van der Waals surface area (Å²) in [6, 6.07) is 16.8. The number of hydrogen-bond acceptors (Lipinski definition) is 6. The summed E-state index contributed by atoms with van der Waals surface area (Å²) in [6.07, 6.45) is 3.79. The van der Waals surface area contributed by atoms with Gasteiger partial charge in [-0.05, 0) is 60.5 Å². The maximum atomic E-state index is 14.6. The molecule has 0 aliphatic heterocycles. The second-order valence-corrected chi connectivity index (χ2v) is 7.97. The smallest absolute Gasteiger partial charge is 0.220 e. The SMILES string of the molecule is Cc1nc(N)nc2c1C(NOc1ccccc1)=CC(c1ccc(F)cc1-c1cccnc1F)C2. The van der Waals surface area contributed by atoms with Gasteiger partial charge in [0.1, 0.15) is 5.82 Å². The number of aromatic nitrogens is 3. The first-order valence-corrected chi connectivity index (χ1v) is 10.7. The van der Waals surface area contributed by atoms with Crippen LogP contribution in [-0.2, 0) is 6.42 Å². The van der Waals surface area contributed by atoms with Crippen LogP contribution in [0.25, 0.3) is 16.8 Å². The van der Waals surface area contributed by atoms with Crippen molar-refractivity contribution in [2.75, 3.05) is 5.73 Å². The third-order valence-electron chi connectivity index (χ3n) is 5.72. The first-order chi connectivity index (χ1) is 16.5. The van der Waals surface area contributed by atoms with E-state index in [0.29, 0.717) is 29.1 Å². The topological polar surface area (TPSA) is 86.0 Å². The molecule has 1 aliphatic carbocycles. The minimum absolute atomic E-state index is 0.165. The standard InChI is InChI=1S/C26H21F2N5O/c1-15-24-22(32-26(29)31-15)12-16(13-23(24)33-34-18-6-3-2-4-7-18)19-10-9-17(27)14-21(19)20-8-5-11-30-25(20)28/h2-11,13-14,16,33H,12H2,1H3,(H2,29,31,32). The average molecular weight is 457 g/mol. The highest BCUT2D eigenvalue weighted by Gasteiger charge is 2.28. The third kappa shape index (κ3) is 4.17. The Kier molecular flexibility index (Phi) is 5.63. The van der Waals surface area contributed by atoms with Crippen molar-refractivity contribution in [3.8, 4) is 16.9 Å². The van der Waals surface area contributed by atoms with Gasteiger partial charge in [0, 0.05) is 29.7 Å². The number of nitrogen functional groups attached to an aromatic ring is 1. The number of rotatable bonds is 5. The predicted molar refractivity (Wildman–Crippen MR) is 125 cm³/mol. The van der Waals surface area contributed by atoms with Crippen LogP contribution < -0.4 is 16.1 Å². The lowest BCUT2D eigenvalue weighted by Gasteiger charge is -2.27. The van der Waals surface area contributed by atoms with E-state index in [1.54, 1.807) is 18.2 Å². The fourth-order valence-electron chi connectivity index (χ4n) is 4.26. The number of nitrogens with zero attached hydrogens (tertiary/aromatic N) is 3. The monoisotopic (exact) mass is 457 g/mol. The number of allylic oxidation sites excluding steroid dienone is 1. The zero-order valence-electron chi connectivity index (χ0n) is 18.3. The molecule has 0 radical (unpaired) electrons. The number of nitrogens with one attached hydrogen (secondary N) is 1. The van der Waals surface area contributed by atoms with Crippen molar-refractivity contribution < 1.29 is 13.6 Å². The van der Waals surface area contributed by atoms with E-state index in [2.05, 4.69) is 20.4 Å². The first kappa shape index (κ1) is 21.5. The Morgan fingerprint density at radius 2 is 1.82 bits per heavy atom. The van der Waals surface area contributed by atoms with Crippen LogP contribution >= 0.6 is 0 Å². The van der Waals surface area contributed by atoms with Gasteiger partial charge < -0.3 is 10.6 Å². The van der Waals surface area contributed by atoms with Crippen LogP contribution in [0.5, 0.6) is 5.75 Å². The lowest BCUT2D eigenvalue weighted by Crippen LogP contribution is -2.24. The molecule has 0 fully saturated rings. The van der Waals surface area contributed by atoms with Crippen LogP contribution in [0, 0.1) is 18.7 Å². The Morgan fingerprint density at radius 3 is 2.62 bits per heavy atom. The summed E-state index contributed by atoms with van der Waals surface area (Å²) >= 11 is 0. The fourth-order valence-corrected chi connectivity index (χ4v) is 4.26. The Labute approximate surface area is 195 Å². The minimum Gasteiger partial charge on any atom is -0.382 e. The van der Waals surface area contributed by atoms with Gasteiger partial charge in [0.2, 0.25) is 11.9 Å². The number of hydroxylamine groups is 1. The molecule has 34 heavy (non-hydrogen) atoms. The molecule has 0 saturated carbocycles. The van der Waals surface area contributed by atoms with Gasteiger partial charge in [-0.25, -0.2) is 24.8 Å². The Morgan fingerprint density at radius 1 is 1.00 bits per heavy atom. The number of pyridine rings is 1. The summed E-state index contributed by atoms with van der Waals surface area (Å²) in [4.78, 5) is 18.3. The number of benzene rings is 2. The molecule has 6 nitrogen and oxygen atoms in total. The van der Waals surface area contributed by atoms with E-state index in [9.17, 15) is 8.78 Å². The molecule has 8 heteroatoms. The van der Waals surface area contributed by atoms with E-state index < -0.39 is 11.8 Å². The second-order valence-electron chi connectivity index (χ2n) is 7.97. The number of para-hydroxylation sites is 1. The number of halogens is 2. The summed E-state index contributed by atoms with van der Waals surface area (Å²) in [7, 11) is 0. The molecular formula is C26H21F2N5O. The van der Waals surface area contributed by atoms with Crippen molar-refractivity contribution in [1.29, 1.82) is 0 Å². The van der Waals surface area contributed by atoms with Gasteiger partial charge >= 0.3 is 0 Å². The Hall–Kier alpha value is -4.33. The van der Waals surface area contributed by atoms with Crippen LogP contribution in [-0.4, -0.2) is 15.0 Å². The van der Waals surface area contributed by atoms with E-state index in [4.69, 9.17) is 10.6 Å². The van der Waals surface area contributed by atoms with Gasteiger partial charge in [0.05, 0.1) is 17.1 Å². The van der Waals surface area contributed by atoms with Gasteiger partial charge in [-0.3, -0.25) is 0 Å². The van der Waals surface area contributed by atoms with E-state index in [1.807, 2.05) is 43.3 Å². The van der Waals surface area contributed by atoms with Gasteiger partial charge in [0.15, 0.2) is 5.75 Å². The van der Waals surface area contributed by atoms with E-state index in [0.717, 1.165) is 16.8 Å². The van der Waals surface area contributed by atoms with Crippen LogP contribution in [0.1, 0.15) is 28.4 Å². The highest BCUT2D eigenvalue weighted by Crippen LogP contribution is 2.39. The van der Waals surface area contributed by atoms with Crippen molar-refractivity contribution in [1.82, 2.24) is 20.4 Å². The van der Waals surface area contributed by atoms with Gasteiger partial charge in [-0.2, -0.15) is 4.39 Å². The molecule has 0 bridgehead atoms. The summed E-state index contributed by atoms with van der Waals surface area (Å²) in [6.45, 7) is 1.85. The molecule has 2 aromatic carbocycles. The van der Waals surface area contributed by atoms with Crippen molar-refractivity contribution in [2.45, 2.75) is 19.3 Å². The quantitative estimate of drug-likeness (QED) is 0.325. The van der Waals surface area contributed by atoms with Crippen LogP contribution in [0.2, 0.25) is 0 Å². The maximum absolute atomic E-state index is 14.6. The number of aryl methyl sites for hydroxylation is 1. The zero-order valence-corrected chi connectivity index (χ0v) is 18.3. The molecule has 4 aromatic rings. The van der Waals surface area contributed by atoms with E-state index in [-0.39, 0.29) is 17.4 Å². The maximum Gasteiger partial charge on any atom is 0.220 e. The van der Waals surface area contributed by atoms with Gasteiger partial charge in [-0.15, -0.1) is 0 Å². The molecular weight excluding hydrogens is 436 g/mol. The Balaban J connectivity index is 1.61. The van der Waals surface area contributed by atoms with Crippen LogP contribution in [0.3, 0.4) is 0 Å². The molecule has 1 unspecified atom stereocenters. The van der Waals surface area contributed by atoms with E-state index >= 15 is 0 Å². The zero-order chi connectivity index (χ0) is 23.7. The number of fused-ring (bicyclic) bond motifs is 1. The number of anilines is 1. The van der Waals surface area contributed by atoms with Gasteiger partial charge in [-0.1, -0.05) is 24.3 Å². The van der Waals surface area contributed by atoms with Crippen LogP contribution in [0.4, 0.5) is 14.7 Å². The normalized spacial score (nSPS) is 14.8. The largest absolute Gasteiger partial charge is 0.382 e.